The standard InChI is InChI=1S/C20H24N4O4/c1-2-28-19(27)24-10-6-15(7-11-24)22-17(25)20(8-9-20)18(26)23-16-5-3-4-14(12-16)13-21/h3-5,12,15H,2,6-11H2,1H3,(H,22,25)(H,23,26). The summed E-state index contributed by atoms with van der Waals surface area (Å²) in [7, 11) is 0. The minimum atomic E-state index is -1.04. The highest BCUT2D eigenvalue weighted by Crippen LogP contribution is 2.47. The molecule has 1 aromatic rings. The van der Waals surface area contributed by atoms with E-state index in [1.54, 1.807) is 36.1 Å². The average Bonchev–Trinajstić information content (AvgIpc) is 3.51. The van der Waals surface area contributed by atoms with E-state index in [0.717, 1.165) is 0 Å². The van der Waals surface area contributed by atoms with Crippen LogP contribution < -0.4 is 10.6 Å². The van der Waals surface area contributed by atoms with Crippen LogP contribution in [0.1, 0.15) is 38.2 Å². The summed E-state index contributed by atoms with van der Waals surface area (Å²) in [6.45, 7) is 3.14. The molecule has 0 radical (unpaired) electrons. The van der Waals surface area contributed by atoms with Gasteiger partial charge in [0.05, 0.1) is 18.2 Å². The molecular formula is C20H24N4O4. The van der Waals surface area contributed by atoms with E-state index in [4.69, 9.17) is 10.00 Å². The van der Waals surface area contributed by atoms with E-state index >= 15 is 0 Å². The third-order valence-corrected chi connectivity index (χ3v) is 5.23. The molecule has 148 valence electrons. The summed E-state index contributed by atoms with van der Waals surface area (Å²) in [6, 6.07) is 8.57. The zero-order chi connectivity index (χ0) is 20.1. The van der Waals surface area contributed by atoms with Crippen molar-refractivity contribution in [1.82, 2.24) is 10.2 Å². The maximum Gasteiger partial charge on any atom is 0.409 e. The lowest BCUT2D eigenvalue weighted by molar-refractivity contribution is -0.135. The number of nitriles is 1. The van der Waals surface area contributed by atoms with Crippen LogP contribution in [0.25, 0.3) is 0 Å². The molecule has 0 bridgehead atoms. The first kappa shape index (κ1) is 19.7. The third-order valence-electron chi connectivity index (χ3n) is 5.23. The van der Waals surface area contributed by atoms with E-state index < -0.39 is 5.41 Å². The van der Waals surface area contributed by atoms with Gasteiger partial charge in [0.15, 0.2) is 0 Å². The van der Waals surface area contributed by atoms with Crippen LogP contribution >= 0.6 is 0 Å². The fourth-order valence-electron chi connectivity index (χ4n) is 3.34. The summed E-state index contributed by atoms with van der Waals surface area (Å²) in [5.41, 5.74) is -0.0904. The van der Waals surface area contributed by atoms with Gasteiger partial charge in [0.25, 0.3) is 0 Å². The Morgan fingerprint density at radius 3 is 2.57 bits per heavy atom. The van der Waals surface area contributed by atoms with Crippen molar-refractivity contribution >= 4 is 23.6 Å². The Labute approximate surface area is 163 Å². The normalized spacial score (nSPS) is 17.9. The molecule has 8 nitrogen and oxygen atoms in total. The highest BCUT2D eigenvalue weighted by Gasteiger charge is 2.56. The third kappa shape index (κ3) is 4.25. The molecule has 2 fully saturated rings. The molecule has 2 aliphatic rings. The van der Waals surface area contributed by atoms with Crippen LogP contribution in [0.2, 0.25) is 0 Å². The van der Waals surface area contributed by atoms with Crippen LogP contribution in [-0.2, 0) is 14.3 Å². The predicted octanol–water partition coefficient (Wildman–Crippen LogP) is 2.01. The number of hydrogen-bond acceptors (Lipinski definition) is 5. The molecule has 0 spiro atoms. The average molecular weight is 384 g/mol. The molecule has 0 unspecified atom stereocenters. The molecule has 2 N–H and O–H groups in total. The van der Waals surface area contributed by atoms with Crippen LogP contribution in [0.3, 0.4) is 0 Å². The van der Waals surface area contributed by atoms with Gasteiger partial charge >= 0.3 is 6.09 Å². The zero-order valence-electron chi connectivity index (χ0n) is 15.9. The number of likely N-dealkylation sites (tertiary alicyclic amines) is 1. The van der Waals surface area contributed by atoms with Crippen molar-refractivity contribution in [3.05, 3.63) is 29.8 Å². The molecule has 0 atom stereocenters. The lowest BCUT2D eigenvalue weighted by Crippen LogP contribution is -2.50. The summed E-state index contributed by atoms with van der Waals surface area (Å²) < 4.78 is 4.99. The fourth-order valence-corrected chi connectivity index (χ4v) is 3.34. The van der Waals surface area contributed by atoms with Crippen LogP contribution in [0.5, 0.6) is 0 Å². The van der Waals surface area contributed by atoms with E-state index in [1.165, 1.54) is 0 Å². The maximum absolute atomic E-state index is 12.7. The number of anilines is 1. The number of amides is 3. The quantitative estimate of drug-likeness (QED) is 0.755. The smallest absolute Gasteiger partial charge is 0.409 e. The number of piperidine rings is 1. The molecule has 8 heteroatoms. The second kappa shape index (κ2) is 8.30. The highest BCUT2D eigenvalue weighted by atomic mass is 16.6. The van der Waals surface area contributed by atoms with E-state index in [1.807, 2.05) is 6.07 Å². The van der Waals surface area contributed by atoms with E-state index in [2.05, 4.69) is 10.6 Å². The molecule has 1 saturated heterocycles. The molecule has 1 heterocycles. The predicted molar refractivity (Wildman–Crippen MR) is 101 cm³/mol. The fraction of sp³-hybridized carbons (Fsp3) is 0.500. The van der Waals surface area contributed by atoms with Crippen LogP contribution in [0.15, 0.2) is 24.3 Å². The number of hydrogen-bond donors (Lipinski definition) is 2. The van der Waals surface area contributed by atoms with Gasteiger partial charge in [-0.2, -0.15) is 5.26 Å². The number of benzene rings is 1. The largest absolute Gasteiger partial charge is 0.450 e. The second-order valence-corrected chi connectivity index (χ2v) is 7.16. The molecule has 3 rings (SSSR count). The minimum Gasteiger partial charge on any atom is -0.450 e. The maximum atomic E-state index is 12.7. The van der Waals surface area contributed by atoms with E-state index in [0.29, 0.717) is 56.6 Å². The minimum absolute atomic E-state index is 0.0645. The molecule has 1 aliphatic carbocycles. The lowest BCUT2D eigenvalue weighted by atomic mass is 10.0. The van der Waals surface area contributed by atoms with Gasteiger partial charge in [-0.05, 0) is 50.8 Å². The number of rotatable bonds is 5. The van der Waals surface area contributed by atoms with Crippen molar-refractivity contribution in [3.63, 3.8) is 0 Å². The van der Waals surface area contributed by atoms with Crippen molar-refractivity contribution in [1.29, 1.82) is 5.26 Å². The van der Waals surface area contributed by atoms with Gasteiger partial charge in [0, 0.05) is 24.8 Å². The van der Waals surface area contributed by atoms with Gasteiger partial charge in [-0.1, -0.05) is 6.07 Å². The Morgan fingerprint density at radius 1 is 1.25 bits per heavy atom. The van der Waals surface area contributed by atoms with Gasteiger partial charge in [0.1, 0.15) is 5.41 Å². The molecule has 1 saturated carbocycles. The molecule has 3 amide bonds. The molecule has 28 heavy (non-hydrogen) atoms. The van der Waals surface area contributed by atoms with Crippen LogP contribution in [0.4, 0.5) is 10.5 Å². The molecule has 1 aromatic carbocycles. The van der Waals surface area contributed by atoms with Gasteiger partial charge in [-0.25, -0.2) is 4.79 Å². The Hall–Kier alpha value is -3.08. The number of nitrogens with zero attached hydrogens (tertiary/aromatic N) is 2. The summed E-state index contributed by atoms with van der Waals surface area (Å²) in [5.74, 6) is -0.611. The van der Waals surface area contributed by atoms with Crippen LogP contribution in [0, 0.1) is 16.7 Å². The van der Waals surface area contributed by atoms with Crippen LogP contribution in [-0.4, -0.2) is 48.5 Å². The number of nitrogens with one attached hydrogen (secondary N) is 2. The highest BCUT2D eigenvalue weighted by molar-refractivity contribution is 6.13. The lowest BCUT2D eigenvalue weighted by Gasteiger charge is -2.32. The molecule has 0 aromatic heterocycles. The van der Waals surface area contributed by atoms with E-state index in [-0.39, 0.29) is 23.9 Å². The van der Waals surface area contributed by atoms with E-state index in [9.17, 15) is 14.4 Å². The van der Waals surface area contributed by atoms with Crippen molar-refractivity contribution in [2.45, 2.75) is 38.6 Å². The number of carbonyl (C=O) groups is 3. The number of carbonyl (C=O) groups excluding carboxylic acids is 3. The Kier molecular flexibility index (Phi) is 5.83. The summed E-state index contributed by atoms with van der Waals surface area (Å²) in [5, 5.41) is 14.7. The van der Waals surface area contributed by atoms with Gasteiger partial charge in [-0.3, -0.25) is 9.59 Å². The van der Waals surface area contributed by atoms with Gasteiger partial charge in [-0.15, -0.1) is 0 Å². The Bertz CT molecular complexity index is 805. The topological polar surface area (TPSA) is 112 Å². The first-order chi connectivity index (χ1) is 13.5. The molecular weight excluding hydrogens is 360 g/mol. The monoisotopic (exact) mass is 384 g/mol. The van der Waals surface area contributed by atoms with Crippen molar-refractivity contribution in [3.8, 4) is 6.07 Å². The van der Waals surface area contributed by atoms with Gasteiger partial charge in [0.2, 0.25) is 11.8 Å². The molecule has 1 aliphatic heterocycles. The summed E-state index contributed by atoms with van der Waals surface area (Å²) in [6.07, 6.45) is 1.94. The van der Waals surface area contributed by atoms with Gasteiger partial charge < -0.3 is 20.3 Å². The number of ether oxygens (including phenoxy) is 1. The first-order valence-corrected chi connectivity index (χ1v) is 9.53. The summed E-state index contributed by atoms with van der Waals surface area (Å²) in [4.78, 5) is 38.8. The zero-order valence-corrected chi connectivity index (χ0v) is 15.9. The van der Waals surface area contributed by atoms with Crippen molar-refractivity contribution in [2.75, 3.05) is 25.0 Å². The first-order valence-electron chi connectivity index (χ1n) is 9.53. The Morgan fingerprint density at radius 2 is 1.96 bits per heavy atom. The summed E-state index contributed by atoms with van der Waals surface area (Å²) >= 11 is 0. The second-order valence-electron chi connectivity index (χ2n) is 7.16. The SMILES string of the molecule is CCOC(=O)N1CCC(NC(=O)C2(C(=O)Nc3cccc(C#N)c3)CC2)CC1. The van der Waals surface area contributed by atoms with Crippen molar-refractivity contribution < 1.29 is 19.1 Å². The Balaban J connectivity index is 1.53. The van der Waals surface area contributed by atoms with Crippen molar-refractivity contribution in [2.24, 2.45) is 5.41 Å².